The molecule has 0 unspecified atom stereocenters. The highest BCUT2D eigenvalue weighted by Crippen LogP contribution is 2.20. The van der Waals surface area contributed by atoms with Crippen molar-refractivity contribution in [1.29, 1.82) is 0 Å². The fourth-order valence-electron chi connectivity index (χ4n) is 5.67. The van der Waals surface area contributed by atoms with Crippen molar-refractivity contribution in [3.05, 3.63) is 108 Å². The molecule has 1 aliphatic heterocycles. The Morgan fingerprint density at radius 3 is 1.94 bits per heavy atom. The number of imide groups is 1. The number of nitrogens with one attached hydrogen (secondary N) is 2. The van der Waals surface area contributed by atoms with Crippen molar-refractivity contribution in [3.8, 4) is 0 Å². The van der Waals surface area contributed by atoms with Gasteiger partial charge in [0, 0.05) is 13.0 Å². The molecule has 13 nitrogen and oxygen atoms in total. The molecule has 51 heavy (non-hydrogen) atoms. The van der Waals surface area contributed by atoms with Crippen LogP contribution in [0.4, 0.5) is 4.79 Å². The summed E-state index contributed by atoms with van der Waals surface area (Å²) in [6.07, 6.45) is 0.0129. The first-order valence-corrected chi connectivity index (χ1v) is 17.0. The molecule has 0 spiro atoms. The number of carbonyl (C=O) groups is 5. The van der Waals surface area contributed by atoms with Crippen molar-refractivity contribution in [3.63, 3.8) is 0 Å². The van der Waals surface area contributed by atoms with Crippen LogP contribution in [0.15, 0.2) is 91.0 Å². The fourth-order valence-corrected chi connectivity index (χ4v) is 5.67. The van der Waals surface area contributed by atoms with Gasteiger partial charge in [-0.05, 0) is 56.7 Å². The molecule has 5 amide bonds. The SMILES string of the molecule is CC(C)(C)OC(=O)N(N)C(=O)[C@H](Cc1ccccc1)NC(=O)[C@@H]1CCCN1C(=O)[C@H](COCc1ccccc1)NC(=O)[C@@H](N)Cc1ccccc1. The first-order chi connectivity index (χ1) is 24.3. The monoisotopic (exact) mass is 700 g/mol. The van der Waals surface area contributed by atoms with E-state index in [0.29, 0.717) is 23.4 Å². The van der Waals surface area contributed by atoms with Gasteiger partial charge in [0.2, 0.25) is 17.7 Å². The largest absolute Gasteiger partial charge is 0.442 e. The molecular formula is C38H48N6O7. The molecule has 0 aromatic heterocycles. The molecule has 1 fully saturated rings. The molecule has 1 heterocycles. The van der Waals surface area contributed by atoms with Crippen LogP contribution in [0.5, 0.6) is 0 Å². The lowest BCUT2D eigenvalue weighted by Crippen LogP contribution is -2.60. The van der Waals surface area contributed by atoms with Gasteiger partial charge < -0.3 is 30.7 Å². The Balaban J connectivity index is 1.50. The highest BCUT2D eigenvalue weighted by atomic mass is 16.6. The average Bonchev–Trinajstić information content (AvgIpc) is 3.61. The molecule has 0 aliphatic carbocycles. The van der Waals surface area contributed by atoms with Gasteiger partial charge in [-0.3, -0.25) is 19.2 Å². The Hall–Kier alpha value is -5.11. The number of ether oxygens (including phenoxy) is 2. The number of amides is 5. The number of rotatable bonds is 14. The van der Waals surface area contributed by atoms with E-state index >= 15 is 0 Å². The van der Waals surface area contributed by atoms with Crippen LogP contribution < -0.4 is 22.2 Å². The van der Waals surface area contributed by atoms with E-state index in [4.69, 9.17) is 21.1 Å². The Morgan fingerprint density at radius 2 is 1.37 bits per heavy atom. The molecule has 6 N–H and O–H groups in total. The third-order valence-electron chi connectivity index (χ3n) is 8.21. The first kappa shape index (κ1) is 38.7. The molecule has 4 rings (SSSR count). The number of nitrogens with two attached hydrogens (primary N) is 2. The van der Waals surface area contributed by atoms with Crippen molar-refractivity contribution in [2.24, 2.45) is 11.6 Å². The maximum Gasteiger partial charge on any atom is 0.431 e. The van der Waals surface area contributed by atoms with E-state index in [2.05, 4.69) is 10.6 Å². The summed E-state index contributed by atoms with van der Waals surface area (Å²) >= 11 is 0. The number of hydrazine groups is 1. The zero-order chi connectivity index (χ0) is 37.0. The van der Waals surface area contributed by atoms with Gasteiger partial charge in [0.25, 0.3) is 5.91 Å². The van der Waals surface area contributed by atoms with E-state index in [0.717, 1.165) is 11.1 Å². The molecule has 3 aromatic rings. The third kappa shape index (κ3) is 11.7. The summed E-state index contributed by atoms with van der Waals surface area (Å²) < 4.78 is 11.2. The lowest BCUT2D eigenvalue weighted by Gasteiger charge is -2.31. The standard InChI is InChI=1S/C38H48N6O7/c1-38(2,3)51-37(49)44(40)36(48)30(23-27-16-9-5-10-17-27)41-34(46)32-20-13-21-43(32)35(47)31(25-50-24-28-18-11-6-12-19-28)42-33(45)29(39)22-26-14-7-4-8-15-26/h4-12,14-19,29-32H,13,20-25,39-40H2,1-3H3,(H,41,46)(H,42,45)/t29-,30-,31-,32-/m0/s1. The van der Waals surface area contributed by atoms with Crippen molar-refractivity contribution < 1.29 is 33.4 Å². The Kier molecular flexibility index (Phi) is 13.8. The predicted molar refractivity (Wildman–Crippen MR) is 190 cm³/mol. The van der Waals surface area contributed by atoms with Gasteiger partial charge in [-0.15, -0.1) is 0 Å². The summed E-state index contributed by atoms with van der Waals surface area (Å²) in [7, 11) is 0. The van der Waals surface area contributed by atoms with Crippen LogP contribution in [0.3, 0.4) is 0 Å². The minimum atomic E-state index is -1.25. The second kappa shape index (κ2) is 18.2. The Labute approximate surface area is 298 Å². The number of benzene rings is 3. The molecule has 0 saturated carbocycles. The van der Waals surface area contributed by atoms with Crippen LogP contribution in [0, 0.1) is 0 Å². The third-order valence-corrected chi connectivity index (χ3v) is 8.21. The van der Waals surface area contributed by atoms with Crippen LogP contribution in [-0.2, 0) is 48.1 Å². The summed E-state index contributed by atoms with van der Waals surface area (Å²) in [6, 6.07) is 23.3. The van der Waals surface area contributed by atoms with E-state index in [-0.39, 0.29) is 32.6 Å². The Bertz CT molecular complexity index is 1620. The summed E-state index contributed by atoms with van der Waals surface area (Å²) in [5.74, 6) is 3.34. The number of carbonyl (C=O) groups excluding carboxylic acids is 5. The average molecular weight is 701 g/mol. The number of hydrogen-bond donors (Lipinski definition) is 4. The maximum atomic E-state index is 14.1. The highest BCUT2D eigenvalue weighted by molar-refractivity contribution is 5.98. The molecule has 13 heteroatoms. The normalized spacial score (nSPS) is 16.0. The molecular weight excluding hydrogens is 652 g/mol. The van der Waals surface area contributed by atoms with Crippen LogP contribution >= 0.6 is 0 Å². The summed E-state index contributed by atoms with van der Waals surface area (Å²) in [5.41, 5.74) is 7.78. The van der Waals surface area contributed by atoms with Crippen molar-refractivity contribution in [2.45, 2.75) is 82.8 Å². The topological polar surface area (TPSA) is 186 Å². The molecule has 1 saturated heterocycles. The van der Waals surface area contributed by atoms with Gasteiger partial charge >= 0.3 is 6.09 Å². The molecule has 3 aromatic carbocycles. The number of nitrogens with zero attached hydrogens (tertiary/aromatic N) is 2. The van der Waals surface area contributed by atoms with E-state index in [1.807, 2.05) is 66.7 Å². The van der Waals surface area contributed by atoms with Gasteiger partial charge in [-0.25, -0.2) is 10.6 Å². The molecule has 1 aliphatic rings. The lowest BCUT2D eigenvalue weighted by atomic mass is 10.0. The van der Waals surface area contributed by atoms with Crippen molar-refractivity contribution in [1.82, 2.24) is 20.5 Å². The number of hydrogen-bond acceptors (Lipinski definition) is 9. The summed E-state index contributed by atoms with van der Waals surface area (Å²) in [6.45, 7) is 5.16. The lowest BCUT2D eigenvalue weighted by molar-refractivity contribution is -0.144. The van der Waals surface area contributed by atoms with Gasteiger partial charge in [0.1, 0.15) is 23.7 Å². The molecule has 4 atom stereocenters. The smallest absolute Gasteiger partial charge is 0.431 e. The second-order valence-corrected chi connectivity index (χ2v) is 13.5. The van der Waals surface area contributed by atoms with E-state index in [9.17, 15) is 24.0 Å². The van der Waals surface area contributed by atoms with Crippen molar-refractivity contribution in [2.75, 3.05) is 13.2 Å². The van der Waals surface area contributed by atoms with Crippen LogP contribution in [0.2, 0.25) is 0 Å². The predicted octanol–water partition coefficient (Wildman–Crippen LogP) is 2.61. The fraction of sp³-hybridized carbons (Fsp3) is 0.395. The zero-order valence-corrected chi connectivity index (χ0v) is 29.3. The van der Waals surface area contributed by atoms with Gasteiger partial charge in [-0.2, -0.15) is 5.01 Å². The molecule has 272 valence electrons. The van der Waals surface area contributed by atoms with E-state index < -0.39 is 59.5 Å². The maximum absolute atomic E-state index is 14.1. The second-order valence-electron chi connectivity index (χ2n) is 13.5. The van der Waals surface area contributed by atoms with Gasteiger partial charge in [0.05, 0.1) is 19.3 Å². The summed E-state index contributed by atoms with van der Waals surface area (Å²) in [5, 5.41) is 5.84. The zero-order valence-electron chi connectivity index (χ0n) is 29.3. The quantitative estimate of drug-likeness (QED) is 0.111. The minimum Gasteiger partial charge on any atom is -0.442 e. The first-order valence-electron chi connectivity index (χ1n) is 17.0. The summed E-state index contributed by atoms with van der Waals surface area (Å²) in [4.78, 5) is 68.9. The van der Waals surface area contributed by atoms with E-state index in [1.165, 1.54) is 4.90 Å². The van der Waals surface area contributed by atoms with Gasteiger partial charge in [-0.1, -0.05) is 91.0 Å². The number of likely N-dealkylation sites (tertiary alicyclic amines) is 1. The molecule has 0 radical (unpaired) electrons. The van der Waals surface area contributed by atoms with Gasteiger partial charge in [0.15, 0.2) is 0 Å². The molecule has 0 bridgehead atoms. The Morgan fingerprint density at radius 1 is 0.824 bits per heavy atom. The van der Waals surface area contributed by atoms with Crippen LogP contribution in [-0.4, -0.2) is 82.6 Å². The van der Waals surface area contributed by atoms with E-state index in [1.54, 1.807) is 45.0 Å². The highest BCUT2D eigenvalue weighted by Gasteiger charge is 2.40. The van der Waals surface area contributed by atoms with Crippen LogP contribution in [0.1, 0.15) is 50.3 Å². The minimum absolute atomic E-state index is 0.0217. The van der Waals surface area contributed by atoms with Crippen molar-refractivity contribution >= 4 is 29.7 Å². The van der Waals surface area contributed by atoms with Crippen LogP contribution in [0.25, 0.3) is 0 Å².